The second kappa shape index (κ2) is 5.52. The summed E-state index contributed by atoms with van der Waals surface area (Å²) >= 11 is 1.39. The number of carbonyl (C=O) groups excluding carboxylic acids is 3. The molecule has 128 valence electrons. The number of benzene rings is 1. The Bertz CT molecular complexity index is 877. The van der Waals surface area contributed by atoms with Gasteiger partial charge in [-0.15, -0.1) is 11.3 Å². The van der Waals surface area contributed by atoms with Crippen LogP contribution in [0.15, 0.2) is 30.3 Å². The third-order valence-electron chi connectivity index (χ3n) is 4.73. The summed E-state index contributed by atoms with van der Waals surface area (Å²) in [5.74, 6) is -1.86. The number of imide groups is 1. The molecule has 6 heteroatoms. The van der Waals surface area contributed by atoms with E-state index in [0.29, 0.717) is 9.94 Å². The van der Waals surface area contributed by atoms with E-state index in [9.17, 15) is 14.4 Å². The van der Waals surface area contributed by atoms with Gasteiger partial charge in [-0.1, -0.05) is 31.0 Å². The van der Waals surface area contributed by atoms with Gasteiger partial charge in [0.1, 0.15) is 4.88 Å². The number of nitrogens with zero attached hydrogens (tertiary/aromatic N) is 1. The average Bonchev–Trinajstić information content (AvgIpc) is 3.09. The fraction of sp³-hybridized carbons (Fsp3) is 0.316. The number of amides is 2. The summed E-state index contributed by atoms with van der Waals surface area (Å²) in [6, 6.07) is 8.28. The zero-order valence-corrected chi connectivity index (χ0v) is 14.8. The van der Waals surface area contributed by atoms with Crippen molar-refractivity contribution in [2.24, 2.45) is 5.41 Å². The quantitative estimate of drug-likeness (QED) is 0.772. The molecule has 1 aliphatic carbocycles. The molecule has 0 spiro atoms. The molecule has 1 aliphatic heterocycles. The van der Waals surface area contributed by atoms with Crippen LogP contribution >= 0.6 is 11.3 Å². The van der Waals surface area contributed by atoms with Crippen LogP contribution in [0, 0.1) is 5.41 Å². The van der Waals surface area contributed by atoms with Crippen molar-refractivity contribution in [1.82, 2.24) is 5.06 Å². The molecule has 25 heavy (non-hydrogen) atoms. The van der Waals surface area contributed by atoms with Crippen molar-refractivity contribution in [2.45, 2.75) is 33.1 Å². The van der Waals surface area contributed by atoms with E-state index in [0.717, 1.165) is 24.8 Å². The highest BCUT2D eigenvalue weighted by atomic mass is 32.1. The molecule has 0 unspecified atom stereocenters. The standard InChI is InChI=1S/C19H17NO4S/c1-19(2)8-7-14-11(10-19)9-15(25-14)18(23)24-20-16(21)12-5-3-4-6-13(12)17(20)22/h3-6,9H,7-8,10H2,1-2H3. The highest BCUT2D eigenvalue weighted by Crippen LogP contribution is 2.39. The molecule has 0 fully saturated rings. The van der Waals surface area contributed by atoms with Crippen molar-refractivity contribution in [2.75, 3.05) is 0 Å². The van der Waals surface area contributed by atoms with Gasteiger partial charge in [-0.05, 0) is 48.4 Å². The molecule has 0 atom stereocenters. The van der Waals surface area contributed by atoms with Crippen LogP contribution in [0.25, 0.3) is 0 Å². The Morgan fingerprint density at radius 2 is 1.80 bits per heavy atom. The Morgan fingerprint density at radius 3 is 2.44 bits per heavy atom. The molecule has 0 radical (unpaired) electrons. The van der Waals surface area contributed by atoms with E-state index < -0.39 is 17.8 Å². The molecule has 2 aromatic rings. The summed E-state index contributed by atoms with van der Waals surface area (Å²) in [6.07, 6.45) is 2.93. The molecule has 2 heterocycles. The van der Waals surface area contributed by atoms with Crippen molar-refractivity contribution in [3.63, 3.8) is 0 Å². The maximum absolute atomic E-state index is 12.5. The van der Waals surface area contributed by atoms with Crippen molar-refractivity contribution in [1.29, 1.82) is 0 Å². The topological polar surface area (TPSA) is 63.7 Å². The number of aryl methyl sites for hydroxylation is 1. The second-order valence-corrected chi connectivity index (χ2v) is 8.37. The first kappa shape index (κ1) is 16.0. The van der Waals surface area contributed by atoms with Gasteiger partial charge >= 0.3 is 5.97 Å². The lowest BCUT2D eigenvalue weighted by atomic mass is 9.77. The fourth-order valence-electron chi connectivity index (χ4n) is 3.36. The largest absolute Gasteiger partial charge is 0.373 e. The minimum Gasteiger partial charge on any atom is -0.323 e. The van der Waals surface area contributed by atoms with Gasteiger partial charge in [-0.25, -0.2) is 4.79 Å². The van der Waals surface area contributed by atoms with Gasteiger partial charge in [0.05, 0.1) is 11.1 Å². The number of hydroxylamine groups is 2. The Hall–Kier alpha value is -2.47. The monoisotopic (exact) mass is 355 g/mol. The molecule has 0 saturated carbocycles. The van der Waals surface area contributed by atoms with Gasteiger partial charge in [0.15, 0.2) is 0 Å². The normalized spacial score (nSPS) is 18.1. The number of fused-ring (bicyclic) bond motifs is 2. The van der Waals surface area contributed by atoms with Gasteiger partial charge in [0.25, 0.3) is 11.8 Å². The maximum atomic E-state index is 12.5. The van der Waals surface area contributed by atoms with Crippen LogP contribution in [-0.4, -0.2) is 22.8 Å². The Morgan fingerprint density at radius 1 is 1.16 bits per heavy atom. The summed E-state index contributed by atoms with van der Waals surface area (Å²) in [5, 5.41) is 0.565. The number of carbonyl (C=O) groups is 3. The van der Waals surface area contributed by atoms with E-state index >= 15 is 0 Å². The Balaban J connectivity index is 1.55. The van der Waals surface area contributed by atoms with E-state index in [2.05, 4.69) is 13.8 Å². The van der Waals surface area contributed by atoms with Crippen LogP contribution in [0.5, 0.6) is 0 Å². The molecule has 0 N–H and O–H groups in total. The van der Waals surface area contributed by atoms with E-state index in [1.165, 1.54) is 16.2 Å². The molecule has 2 amide bonds. The van der Waals surface area contributed by atoms with Crippen LogP contribution in [0.2, 0.25) is 0 Å². The van der Waals surface area contributed by atoms with Crippen LogP contribution in [0.1, 0.15) is 61.1 Å². The molecule has 2 aliphatic rings. The highest BCUT2D eigenvalue weighted by Gasteiger charge is 2.39. The van der Waals surface area contributed by atoms with E-state index in [4.69, 9.17) is 4.84 Å². The third kappa shape index (κ3) is 2.66. The zero-order valence-electron chi connectivity index (χ0n) is 14.0. The molecular formula is C19H17NO4S. The van der Waals surface area contributed by atoms with Gasteiger partial charge in [-0.3, -0.25) is 9.59 Å². The van der Waals surface area contributed by atoms with Crippen LogP contribution in [0.4, 0.5) is 0 Å². The van der Waals surface area contributed by atoms with Gasteiger partial charge in [0, 0.05) is 4.88 Å². The minimum atomic E-state index is -0.660. The van der Waals surface area contributed by atoms with Crippen molar-refractivity contribution < 1.29 is 19.2 Å². The Kier molecular flexibility index (Phi) is 3.54. The van der Waals surface area contributed by atoms with Gasteiger partial charge in [0.2, 0.25) is 0 Å². The lowest BCUT2D eigenvalue weighted by molar-refractivity contribution is -0.0581. The lowest BCUT2D eigenvalue weighted by Gasteiger charge is -2.29. The van der Waals surface area contributed by atoms with Crippen molar-refractivity contribution in [3.05, 3.63) is 56.8 Å². The third-order valence-corrected chi connectivity index (χ3v) is 5.94. The van der Waals surface area contributed by atoms with Crippen LogP contribution in [-0.2, 0) is 17.7 Å². The molecular weight excluding hydrogens is 338 g/mol. The average molecular weight is 355 g/mol. The SMILES string of the molecule is CC1(C)CCc2sc(C(=O)ON3C(=O)c4ccccc4C3=O)cc2C1. The van der Waals surface area contributed by atoms with Crippen LogP contribution < -0.4 is 0 Å². The molecule has 5 nitrogen and oxygen atoms in total. The summed E-state index contributed by atoms with van der Waals surface area (Å²) in [6.45, 7) is 4.43. The fourth-order valence-corrected chi connectivity index (χ4v) is 4.42. The summed E-state index contributed by atoms with van der Waals surface area (Å²) in [4.78, 5) is 43.8. The molecule has 0 bridgehead atoms. The summed E-state index contributed by atoms with van der Waals surface area (Å²) in [5.41, 5.74) is 1.90. The number of hydrogen-bond donors (Lipinski definition) is 0. The summed E-state index contributed by atoms with van der Waals surface area (Å²) in [7, 11) is 0. The predicted molar refractivity (Wildman–Crippen MR) is 92.5 cm³/mol. The number of thiophene rings is 1. The van der Waals surface area contributed by atoms with Crippen molar-refractivity contribution in [3.8, 4) is 0 Å². The first-order chi connectivity index (χ1) is 11.9. The molecule has 1 aromatic carbocycles. The molecule has 1 aromatic heterocycles. The smallest absolute Gasteiger partial charge is 0.323 e. The lowest BCUT2D eigenvalue weighted by Crippen LogP contribution is -2.32. The van der Waals surface area contributed by atoms with Crippen LogP contribution in [0.3, 0.4) is 0 Å². The predicted octanol–water partition coefficient (Wildman–Crippen LogP) is 3.63. The minimum absolute atomic E-state index is 0.220. The second-order valence-electron chi connectivity index (χ2n) is 7.23. The van der Waals surface area contributed by atoms with Gasteiger partial charge in [-0.2, -0.15) is 0 Å². The first-order valence-electron chi connectivity index (χ1n) is 8.17. The molecule has 4 rings (SSSR count). The van der Waals surface area contributed by atoms with Gasteiger partial charge < -0.3 is 4.84 Å². The zero-order chi connectivity index (χ0) is 17.8. The van der Waals surface area contributed by atoms with E-state index in [-0.39, 0.29) is 16.5 Å². The summed E-state index contributed by atoms with van der Waals surface area (Å²) < 4.78 is 0. The van der Waals surface area contributed by atoms with E-state index in [1.54, 1.807) is 24.3 Å². The molecule has 0 saturated heterocycles. The van der Waals surface area contributed by atoms with Crippen molar-refractivity contribution >= 4 is 29.1 Å². The maximum Gasteiger partial charge on any atom is 0.373 e. The van der Waals surface area contributed by atoms with E-state index in [1.807, 2.05) is 6.07 Å². The highest BCUT2D eigenvalue weighted by molar-refractivity contribution is 7.14. The number of rotatable bonds is 2. The Labute approximate surface area is 149 Å². The first-order valence-corrected chi connectivity index (χ1v) is 8.99. The number of hydrogen-bond acceptors (Lipinski definition) is 5.